The van der Waals surface area contributed by atoms with Gasteiger partial charge in [0.15, 0.2) is 0 Å². The average molecular weight is 275 g/mol. The van der Waals surface area contributed by atoms with Gasteiger partial charge in [-0.2, -0.15) is 0 Å². The molecule has 0 unspecified atom stereocenters. The highest BCUT2D eigenvalue weighted by Crippen LogP contribution is 2.32. The molecule has 0 N–H and O–H groups in total. The van der Waals surface area contributed by atoms with Gasteiger partial charge < -0.3 is 4.74 Å². The fraction of sp³-hybridized carbons (Fsp3) is 0.143. The van der Waals surface area contributed by atoms with Crippen molar-refractivity contribution in [3.63, 3.8) is 0 Å². The van der Waals surface area contributed by atoms with Gasteiger partial charge in [0.05, 0.1) is 4.47 Å². The van der Waals surface area contributed by atoms with Crippen LogP contribution in [0.3, 0.4) is 0 Å². The first-order chi connectivity index (χ1) is 7.83. The molecule has 0 aliphatic heterocycles. The number of hydrogen-bond acceptors (Lipinski definition) is 1. The van der Waals surface area contributed by atoms with Gasteiger partial charge in [0.1, 0.15) is 12.4 Å². The van der Waals surface area contributed by atoms with Crippen LogP contribution in [0.2, 0.25) is 0 Å². The van der Waals surface area contributed by atoms with Gasteiger partial charge in [0, 0.05) is 0 Å². The Morgan fingerprint density at radius 3 is 2.81 bits per heavy atom. The minimum Gasteiger partial charge on any atom is -0.480 e. The van der Waals surface area contributed by atoms with Gasteiger partial charge in [0.2, 0.25) is 0 Å². The van der Waals surface area contributed by atoms with Crippen LogP contribution in [0.5, 0.6) is 5.75 Å². The molecule has 0 radical (unpaired) electrons. The maximum absolute atomic E-state index is 5.56. The number of ether oxygens (including phenoxy) is 1. The Balaban J connectivity index is 2.39. The Bertz CT molecular complexity index is 564. The van der Waals surface area contributed by atoms with E-state index in [9.17, 15) is 0 Å². The second kappa shape index (κ2) is 5.05. The van der Waals surface area contributed by atoms with E-state index in [4.69, 9.17) is 4.74 Å². The molecular weight excluding hydrogens is 264 g/mol. The van der Waals surface area contributed by atoms with E-state index in [1.807, 2.05) is 18.2 Å². The quantitative estimate of drug-likeness (QED) is 0.752. The van der Waals surface area contributed by atoms with Crippen LogP contribution in [0.15, 0.2) is 40.9 Å². The van der Waals surface area contributed by atoms with Crippen molar-refractivity contribution in [2.24, 2.45) is 0 Å². The summed E-state index contributed by atoms with van der Waals surface area (Å²) in [6.45, 7) is 2.23. The summed E-state index contributed by atoms with van der Waals surface area (Å²) in [5.41, 5.74) is 0. The first-order valence-corrected chi connectivity index (χ1v) is 5.82. The maximum atomic E-state index is 5.56. The predicted molar refractivity (Wildman–Crippen MR) is 70.6 cm³/mol. The molecule has 16 heavy (non-hydrogen) atoms. The molecule has 2 heteroatoms. The smallest absolute Gasteiger partial charge is 0.149 e. The van der Waals surface area contributed by atoms with Crippen molar-refractivity contribution in [2.45, 2.75) is 6.92 Å². The van der Waals surface area contributed by atoms with Crippen LogP contribution in [0.4, 0.5) is 0 Å². The SMILES string of the molecule is CC#CCOc1ccc2ccccc2c1Br. The van der Waals surface area contributed by atoms with E-state index in [2.05, 4.69) is 46.0 Å². The van der Waals surface area contributed by atoms with Crippen LogP contribution in [0.25, 0.3) is 10.8 Å². The van der Waals surface area contributed by atoms with E-state index < -0.39 is 0 Å². The van der Waals surface area contributed by atoms with Crippen LogP contribution >= 0.6 is 15.9 Å². The molecule has 0 aromatic heterocycles. The highest BCUT2D eigenvalue weighted by atomic mass is 79.9. The largest absolute Gasteiger partial charge is 0.480 e. The zero-order valence-corrected chi connectivity index (χ0v) is 10.5. The molecule has 0 amide bonds. The third-order valence-electron chi connectivity index (χ3n) is 2.30. The van der Waals surface area contributed by atoms with E-state index >= 15 is 0 Å². The molecule has 2 aromatic carbocycles. The average Bonchev–Trinajstić information content (AvgIpc) is 2.33. The van der Waals surface area contributed by atoms with Crippen molar-refractivity contribution in [1.82, 2.24) is 0 Å². The lowest BCUT2D eigenvalue weighted by atomic mass is 10.1. The van der Waals surface area contributed by atoms with E-state index in [1.165, 1.54) is 5.39 Å². The molecular formula is C14H11BrO. The number of hydrogen-bond donors (Lipinski definition) is 0. The summed E-state index contributed by atoms with van der Waals surface area (Å²) in [5.74, 6) is 6.52. The summed E-state index contributed by atoms with van der Waals surface area (Å²) in [5, 5.41) is 2.35. The van der Waals surface area contributed by atoms with Crippen molar-refractivity contribution in [3.05, 3.63) is 40.9 Å². The molecule has 0 heterocycles. The van der Waals surface area contributed by atoms with Crippen molar-refractivity contribution in [2.75, 3.05) is 6.61 Å². The third-order valence-corrected chi connectivity index (χ3v) is 3.12. The molecule has 0 saturated carbocycles. The lowest BCUT2D eigenvalue weighted by Gasteiger charge is -2.07. The molecule has 2 rings (SSSR count). The van der Waals surface area contributed by atoms with E-state index in [-0.39, 0.29) is 0 Å². The monoisotopic (exact) mass is 274 g/mol. The lowest BCUT2D eigenvalue weighted by molar-refractivity contribution is 0.368. The van der Waals surface area contributed by atoms with Gasteiger partial charge in [-0.15, -0.1) is 5.92 Å². The summed E-state index contributed by atoms with van der Waals surface area (Å²) in [7, 11) is 0. The Morgan fingerprint density at radius 1 is 1.19 bits per heavy atom. The minimum atomic E-state index is 0.424. The van der Waals surface area contributed by atoms with Crippen molar-refractivity contribution in [1.29, 1.82) is 0 Å². The number of halogens is 1. The highest BCUT2D eigenvalue weighted by Gasteiger charge is 2.04. The van der Waals surface area contributed by atoms with Crippen LogP contribution < -0.4 is 4.74 Å². The van der Waals surface area contributed by atoms with Crippen LogP contribution in [0, 0.1) is 11.8 Å². The molecule has 1 nitrogen and oxygen atoms in total. The molecule has 2 aromatic rings. The summed E-state index contributed by atoms with van der Waals surface area (Å²) in [6.07, 6.45) is 0. The van der Waals surface area contributed by atoms with E-state index in [1.54, 1.807) is 6.92 Å². The van der Waals surface area contributed by atoms with Crippen molar-refractivity contribution < 1.29 is 4.74 Å². The zero-order chi connectivity index (χ0) is 11.4. The molecule has 0 atom stereocenters. The fourth-order valence-electron chi connectivity index (χ4n) is 1.51. The second-order valence-electron chi connectivity index (χ2n) is 3.31. The molecule has 0 aliphatic carbocycles. The fourth-order valence-corrected chi connectivity index (χ4v) is 2.12. The van der Waals surface area contributed by atoms with Crippen LogP contribution in [-0.4, -0.2) is 6.61 Å². The Morgan fingerprint density at radius 2 is 2.00 bits per heavy atom. The molecule has 0 bridgehead atoms. The highest BCUT2D eigenvalue weighted by molar-refractivity contribution is 9.10. The Kier molecular flexibility index (Phi) is 3.48. The molecule has 0 fully saturated rings. The zero-order valence-electron chi connectivity index (χ0n) is 8.96. The van der Waals surface area contributed by atoms with Gasteiger partial charge in [-0.05, 0) is 39.7 Å². The van der Waals surface area contributed by atoms with Gasteiger partial charge >= 0.3 is 0 Å². The molecule has 0 saturated heterocycles. The second-order valence-corrected chi connectivity index (χ2v) is 4.11. The van der Waals surface area contributed by atoms with Gasteiger partial charge in [0.25, 0.3) is 0 Å². The standard InChI is InChI=1S/C14H11BrO/c1-2-3-10-16-13-9-8-11-6-4-5-7-12(11)14(13)15/h4-9H,10H2,1H3. The summed E-state index contributed by atoms with van der Waals surface area (Å²) < 4.78 is 6.55. The van der Waals surface area contributed by atoms with Gasteiger partial charge in [-0.3, -0.25) is 0 Å². The van der Waals surface area contributed by atoms with Gasteiger partial charge in [-0.25, -0.2) is 0 Å². The summed E-state index contributed by atoms with van der Waals surface area (Å²) >= 11 is 3.56. The van der Waals surface area contributed by atoms with Crippen molar-refractivity contribution >= 4 is 26.7 Å². The predicted octanol–water partition coefficient (Wildman–Crippen LogP) is 4.00. The maximum Gasteiger partial charge on any atom is 0.149 e. The first kappa shape index (κ1) is 11.0. The summed E-state index contributed by atoms with van der Waals surface area (Å²) in [6, 6.07) is 12.2. The number of rotatable bonds is 2. The molecule has 0 spiro atoms. The normalized spacial score (nSPS) is 9.62. The van der Waals surface area contributed by atoms with Gasteiger partial charge in [-0.1, -0.05) is 36.3 Å². The van der Waals surface area contributed by atoms with Crippen LogP contribution in [0.1, 0.15) is 6.92 Å². The molecule has 80 valence electrons. The molecule has 0 aliphatic rings. The first-order valence-electron chi connectivity index (χ1n) is 5.02. The summed E-state index contributed by atoms with van der Waals surface area (Å²) in [4.78, 5) is 0. The lowest BCUT2D eigenvalue weighted by Crippen LogP contribution is -1.94. The minimum absolute atomic E-state index is 0.424. The third kappa shape index (κ3) is 2.20. The number of benzene rings is 2. The van der Waals surface area contributed by atoms with Crippen LogP contribution in [-0.2, 0) is 0 Å². The Hall–Kier alpha value is -1.46. The topological polar surface area (TPSA) is 9.23 Å². The Labute approximate surface area is 104 Å². The van der Waals surface area contributed by atoms with Crippen molar-refractivity contribution in [3.8, 4) is 17.6 Å². The number of fused-ring (bicyclic) bond motifs is 1. The van der Waals surface area contributed by atoms with E-state index in [0.29, 0.717) is 6.61 Å². The van der Waals surface area contributed by atoms with E-state index in [0.717, 1.165) is 15.6 Å².